The number of hydrazone groups is 1. The lowest BCUT2D eigenvalue weighted by molar-refractivity contribution is -0.137. The number of carbonyl (C=O) groups is 1. The third kappa shape index (κ3) is 3.76. The lowest BCUT2D eigenvalue weighted by atomic mass is 9.93. The van der Waals surface area contributed by atoms with Crippen molar-refractivity contribution in [2.75, 3.05) is 12.5 Å². The number of ether oxygens (including phenoxy) is 1. The summed E-state index contributed by atoms with van der Waals surface area (Å²) in [5, 5.41) is 15.9. The summed E-state index contributed by atoms with van der Waals surface area (Å²) < 4.78 is 5.15. The van der Waals surface area contributed by atoms with E-state index in [-0.39, 0.29) is 12.3 Å². The maximum absolute atomic E-state index is 11.2. The van der Waals surface area contributed by atoms with Crippen molar-refractivity contribution in [2.24, 2.45) is 11.0 Å². The van der Waals surface area contributed by atoms with Crippen LogP contribution in [0.3, 0.4) is 0 Å². The normalized spacial score (nSPS) is 18.7. The number of thiophene rings is 1. The highest BCUT2D eigenvalue weighted by Gasteiger charge is 2.26. The van der Waals surface area contributed by atoms with E-state index in [1.165, 1.54) is 4.88 Å². The van der Waals surface area contributed by atoms with E-state index >= 15 is 0 Å². The fraction of sp³-hybridized carbons (Fsp3) is 0.333. The van der Waals surface area contributed by atoms with Crippen LogP contribution in [0.15, 0.2) is 40.8 Å². The minimum Gasteiger partial charge on any atom is -0.497 e. The highest BCUT2D eigenvalue weighted by Crippen LogP contribution is 2.31. The number of hydrogen-bond donors (Lipinski definition) is 2. The number of aryl methyl sites for hydroxylation is 1. The Bertz CT molecular complexity index is 737. The minimum atomic E-state index is -0.782. The molecule has 6 heteroatoms. The zero-order chi connectivity index (χ0) is 16.9. The van der Waals surface area contributed by atoms with Crippen LogP contribution in [-0.4, -0.2) is 23.9 Å². The molecule has 3 rings (SSSR count). The van der Waals surface area contributed by atoms with Gasteiger partial charge in [-0.15, -0.1) is 11.3 Å². The smallest absolute Gasteiger partial charge is 0.304 e. The van der Waals surface area contributed by atoms with Gasteiger partial charge in [-0.3, -0.25) is 10.2 Å². The van der Waals surface area contributed by atoms with Crippen LogP contribution in [0.4, 0.5) is 5.69 Å². The first-order valence-electron chi connectivity index (χ1n) is 7.93. The molecule has 2 aromatic rings. The average molecular weight is 344 g/mol. The lowest BCUT2D eigenvalue weighted by Crippen LogP contribution is -2.20. The Morgan fingerprint density at radius 3 is 2.88 bits per heavy atom. The Hall–Kier alpha value is -2.34. The molecule has 1 aromatic heterocycles. The number of nitrogens with zero attached hydrogens (tertiary/aromatic N) is 1. The molecule has 1 aliphatic rings. The second-order valence-corrected chi connectivity index (χ2v) is 6.78. The van der Waals surface area contributed by atoms with Crippen LogP contribution in [0.25, 0.3) is 0 Å². The number of methoxy groups -OCH3 is 1. The number of fused-ring (bicyclic) bond motifs is 1. The second-order valence-electron chi connectivity index (χ2n) is 5.78. The fourth-order valence-electron chi connectivity index (χ4n) is 2.98. The van der Waals surface area contributed by atoms with Crippen molar-refractivity contribution in [2.45, 2.75) is 25.7 Å². The molecule has 0 spiro atoms. The summed E-state index contributed by atoms with van der Waals surface area (Å²) in [7, 11) is 1.63. The van der Waals surface area contributed by atoms with E-state index < -0.39 is 5.97 Å². The van der Waals surface area contributed by atoms with Gasteiger partial charge in [-0.1, -0.05) is 0 Å². The van der Waals surface area contributed by atoms with Gasteiger partial charge >= 0.3 is 5.97 Å². The van der Waals surface area contributed by atoms with E-state index in [1.807, 2.05) is 24.3 Å². The summed E-state index contributed by atoms with van der Waals surface area (Å²) in [6.07, 6.45) is 2.94. The van der Waals surface area contributed by atoms with Crippen LogP contribution in [0.5, 0.6) is 5.75 Å². The topological polar surface area (TPSA) is 70.9 Å². The highest BCUT2D eigenvalue weighted by molar-refractivity contribution is 7.10. The van der Waals surface area contributed by atoms with E-state index in [0.717, 1.165) is 42.0 Å². The van der Waals surface area contributed by atoms with Crippen LogP contribution < -0.4 is 10.2 Å². The first kappa shape index (κ1) is 16.5. The van der Waals surface area contributed by atoms with Crippen molar-refractivity contribution in [3.05, 3.63) is 46.2 Å². The zero-order valence-electron chi connectivity index (χ0n) is 13.5. The van der Waals surface area contributed by atoms with Gasteiger partial charge in [0.2, 0.25) is 0 Å². The maximum atomic E-state index is 11.2. The molecule has 2 N–H and O–H groups in total. The summed E-state index contributed by atoms with van der Waals surface area (Å²) in [6.45, 7) is 0. The molecule has 126 valence electrons. The van der Waals surface area contributed by atoms with Crippen molar-refractivity contribution in [1.29, 1.82) is 0 Å². The summed E-state index contributed by atoms with van der Waals surface area (Å²) >= 11 is 1.72. The molecule has 24 heavy (non-hydrogen) atoms. The van der Waals surface area contributed by atoms with E-state index in [1.54, 1.807) is 18.4 Å². The quantitative estimate of drug-likeness (QED) is 0.635. The number of aliphatic carboxylic acids is 1. The first-order valence-corrected chi connectivity index (χ1v) is 8.81. The molecule has 1 aromatic carbocycles. The molecule has 1 unspecified atom stereocenters. The summed E-state index contributed by atoms with van der Waals surface area (Å²) in [5.74, 6) is -0.0635. The van der Waals surface area contributed by atoms with Gasteiger partial charge in [-0.2, -0.15) is 5.10 Å². The number of carboxylic acids is 1. The third-order valence-electron chi connectivity index (χ3n) is 4.18. The molecule has 1 aliphatic carbocycles. The fourth-order valence-corrected chi connectivity index (χ4v) is 3.91. The predicted octanol–water partition coefficient (Wildman–Crippen LogP) is 4.00. The standard InChI is InChI=1S/C18H20N2O3S/c1-23-14-7-5-13(6-8-14)19-20-18-12(11-17(21)22)3-2-4-16-15(18)9-10-24-16/h5-10,12,19H,2-4,11H2,1H3,(H,21,22)/b20-18+. The van der Waals surface area contributed by atoms with Gasteiger partial charge in [0.15, 0.2) is 0 Å². The van der Waals surface area contributed by atoms with E-state index in [0.29, 0.717) is 0 Å². The number of hydrogen-bond acceptors (Lipinski definition) is 5. The van der Waals surface area contributed by atoms with Gasteiger partial charge in [0.05, 0.1) is 24.9 Å². The molecule has 0 saturated carbocycles. The summed E-state index contributed by atoms with van der Waals surface area (Å²) in [4.78, 5) is 12.5. The molecule has 0 saturated heterocycles. The van der Waals surface area contributed by atoms with Crippen molar-refractivity contribution in [1.82, 2.24) is 0 Å². The van der Waals surface area contributed by atoms with Gasteiger partial charge < -0.3 is 9.84 Å². The molecule has 5 nitrogen and oxygen atoms in total. The number of anilines is 1. The van der Waals surface area contributed by atoms with E-state index in [9.17, 15) is 9.90 Å². The van der Waals surface area contributed by atoms with E-state index in [2.05, 4.69) is 22.0 Å². The zero-order valence-corrected chi connectivity index (χ0v) is 14.3. The van der Waals surface area contributed by atoms with Gasteiger partial charge in [0.1, 0.15) is 5.75 Å². The third-order valence-corrected chi connectivity index (χ3v) is 5.16. The van der Waals surface area contributed by atoms with Crippen LogP contribution in [0, 0.1) is 5.92 Å². The highest BCUT2D eigenvalue weighted by atomic mass is 32.1. The maximum Gasteiger partial charge on any atom is 0.304 e. The number of carboxylic acid groups (broad SMARTS) is 1. The average Bonchev–Trinajstić information content (AvgIpc) is 2.97. The molecule has 0 bridgehead atoms. The molecule has 0 radical (unpaired) electrons. The first-order chi connectivity index (χ1) is 11.7. The lowest BCUT2D eigenvalue weighted by Gasteiger charge is -2.15. The van der Waals surface area contributed by atoms with Crippen LogP contribution in [0.1, 0.15) is 29.7 Å². The van der Waals surface area contributed by atoms with Crippen LogP contribution in [-0.2, 0) is 11.2 Å². The van der Waals surface area contributed by atoms with Gasteiger partial charge in [0.25, 0.3) is 0 Å². The van der Waals surface area contributed by atoms with Gasteiger partial charge in [0, 0.05) is 16.4 Å². The number of benzene rings is 1. The Morgan fingerprint density at radius 1 is 1.38 bits per heavy atom. The molecule has 1 atom stereocenters. The van der Waals surface area contributed by atoms with Crippen molar-refractivity contribution >= 4 is 28.7 Å². The monoisotopic (exact) mass is 344 g/mol. The number of rotatable bonds is 5. The SMILES string of the molecule is COc1ccc(N/N=C2/c3ccsc3CCCC2CC(=O)O)cc1. The molecule has 0 amide bonds. The summed E-state index contributed by atoms with van der Waals surface area (Å²) in [5.41, 5.74) is 5.85. The predicted molar refractivity (Wildman–Crippen MR) is 96.2 cm³/mol. The molecule has 1 heterocycles. The Balaban J connectivity index is 1.88. The van der Waals surface area contributed by atoms with Crippen molar-refractivity contribution < 1.29 is 14.6 Å². The summed E-state index contributed by atoms with van der Waals surface area (Å²) in [6, 6.07) is 9.55. The van der Waals surface area contributed by atoms with Crippen molar-refractivity contribution in [3.63, 3.8) is 0 Å². The molecular formula is C18H20N2O3S. The van der Waals surface area contributed by atoms with Crippen LogP contribution in [0.2, 0.25) is 0 Å². The second kappa shape index (κ2) is 7.49. The molecule has 0 aliphatic heterocycles. The Kier molecular flexibility index (Phi) is 5.15. The van der Waals surface area contributed by atoms with Gasteiger partial charge in [-0.05, 0) is 55.0 Å². The van der Waals surface area contributed by atoms with Crippen molar-refractivity contribution in [3.8, 4) is 5.75 Å². The minimum absolute atomic E-state index is 0.0656. The van der Waals surface area contributed by atoms with Gasteiger partial charge in [-0.25, -0.2) is 0 Å². The largest absolute Gasteiger partial charge is 0.497 e. The number of nitrogens with one attached hydrogen (secondary N) is 1. The molecular weight excluding hydrogens is 324 g/mol. The van der Waals surface area contributed by atoms with E-state index in [4.69, 9.17) is 4.74 Å². The van der Waals surface area contributed by atoms with Crippen LogP contribution >= 0.6 is 11.3 Å². The Morgan fingerprint density at radius 2 is 2.17 bits per heavy atom. The Labute approximate surface area is 145 Å². The molecule has 0 fully saturated rings.